The molecule has 0 aliphatic carbocycles. The van der Waals surface area contributed by atoms with E-state index in [1.54, 1.807) is 18.7 Å². The number of nitrogens with zero attached hydrogens (tertiary/aromatic N) is 5. The zero-order chi connectivity index (χ0) is 13.9. The van der Waals surface area contributed by atoms with Crippen LogP contribution >= 0.6 is 0 Å². The largest absolute Gasteiger partial charge is 0.331 e. The molecule has 2 heterocycles. The molecule has 20 heavy (non-hydrogen) atoms. The van der Waals surface area contributed by atoms with Crippen LogP contribution in [-0.4, -0.2) is 30.3 Å². The lowest BCUT2D eigenvalue weighted by Gasteiger charge is -2.06. The molecule has 0 aliphatic heterocycles. The molecule has 7 heteroatoms. The number of amides is 1. The highest BCUT2D eigenvalue weighted by Gasteiger charge is 2.06. The number of benzene rings is 1. The minimum atomic E-state index is -0.256. The topological polar surface area (TPSA) is 77.6 Å². The summed E-state index contributed by atoms with van der Waals surface area (Å²) in [6.45, 7) is 0. The average molecular weight is 268 g/mol. The maximum Gasteiger partial charge on any atom is 0.331 e. The summed E-state index contributed by atoms with van der Waals surface area (Å²) in [5.41, 5.74) is 1.64. The number of rotatable bonds is 2. The fourth-order valence-corrected chi connectivity index (χ4v) is 1.81. The fraction of sp³-hybridized carbons (Fsp3) is 0.0769. The van der Waals surface area contributed by atoms with E-state index in [2.05, 4.69) is 20.5 Å². The molecule has 2 aromatic heterocycles. The van der Waals surface area contributed by atoms with Gasteiger partial charge in [-0.05, 0) is 24.3 Å². The summed E-state index contributed by atoms with van der Waals surface area (Å²) in [4.78, 5) is 15.7. The SMILES string of the molecule is Cn1cnnc1-c1ccc(NC(=O)n2ccnc2)cc1. The molecule has 0 spiro atoms. The molecule has 0 bridgehead atoms. The summed E-state index contributed by atoms with van der Waals surface area (Å²) < 4.78 is 3.20. The van der Waals surface area contributed by atoms with Crippen molar-refractivity contribution in [1.82, 2.24) is 24.3 Å². The third kappa shape index (κ3) is 2.28. The van der Waals surface area contributed by atoms with Crippen LogP contribution in [0.15, 0.2) is 49.3 Å². The van der Waals surface area contributed by atoms with Gasteiger partial charge in [0.2, 0.25) is 0 Å². The van der Waals surface area contributed by atoms with Gasteiger partial charge in [-0.25, -0.2) is 9.78 Å². The Bertz CT molecular complexity index is 714. The van der Waals surface area contributed by atoms with Crippen LogP contribution in [0.2, 0.25) is 0 Å². The first kappa shape index (κ1) is 12.1. The van der Waals surface area contributed by atoms with Crippen LogP contribution in [0.3, 0.4) is 0 Å². The molecular formula is C13H12N6O. The number of carbonyl (C=O) groups is 1. The third-order valence-corrected chi connectivity index (χ3v) is 2.84. The van der Waals surface area contributed by atoms with Gasteiger partial charge in [0.05, 0.1) is 0 Å². The summed E-state index contributed by atoms with van der Waals surface area (Å²) in [6.07, 6.45) is 6.23. The number of aryl methyl sites for hydroxylation is 1. The maximum absolute atomic E-state index is 11.8. The normalized spacial score (nSPS) is 10.4. The first-order valence-corrected chi connectivity index (χ1v) is 5.98. The van der Waals surface area contributed by atoms with E-state index in [1.165, 1.54) is 10.9 Å². The van der Waals surface area contributed by atoms with Gasteiger partial charge in [-0.15, -0.1) is 10.2 Å². The number of nitrogens with one attached hydrogen (secondary N) is 1. The Balaban J connectivity index is 1.77. The lowest BCUT2D eigenvalue weighted by atomic mass is 10.2. The van der Waals surface area contributed by atoms with Crippen molar-refractivity contribution in [2.75, 3.05) is 5.32 Å². The summed E-state index contributed by atoms with van der Waals surface area (Å²) in [7, 11) is 1.88. The van der Waals surface area contributed by atoms with Crippen molar-refractivity contribution in [2.45, 2.75) is 0 Å². The lowest BCUT2D eigenvalue weighted by Crippen LogP contribution is -2.17. The molecule has 0 atom stereocenters. The first-order valence-electron chi connectivity index (χ1n) is 5.98. The van der Waals surface area contributed by atoms with E-state index < -0.39 is 0 Å². The molecule has 0 unspecified atom stereocenters. The average Bonchev–Trinajstić information content (AvgIpc) is 3.11. The van der Waals surface area contributed by atoms with E-state index in [1.807, 2.05) is 35.9 Å². The minimum Gasteiger partial charge on any atom is -0.317 e. The number of aromatic nitrogens is 5. The zero-order valence-corrected chi connectivity index (χ0v) is 10.8. The Hall–Kier alpha value is -2.96. The van der Waals surface area contributed by atoms with Crippen LogP contribution in [0.1, 0.15) is 0 Å². The molecule has 3 aromatic rings. The van der Waals surface area contributed by atoms with Gasteiger partial charge < -0.3 is 9.88 Å². The molecule has 1 amide bonds. The van der Waals surface area contributed by atoms with Gasteiger partial charge in [-0.1, -0.05) is 0 Å². The van der Waals surface area contributed by atoms with E-state index >= 15 is 0 Å². The Morgan fingerprint density at radius 2 is 2.00 bits per heavy atom. The molecule has 1 N–H and O–H groups in total. The van der Waals surface area contributed by atoms with Gasteiger partial charge in [0.15, 0.2) is 5.82 Å². The van der Waals surface area contributed by atoms with Crippen molar-refractivity contribution in [3.63, 3.8) is 0 Å². The Morgan fingerprint density at radius 1 is 1.20 bits per heavy atom. The number of hydrogen-bond donors (Lipinski definition) is 1. The maximum atomic E-state index is 11.8. The molecule has 0 saturated carbocycles. The highest BCUT2D eigenvalue weighted by molar-refractivity contribution is 5.91. The van der Waals surface area contributed by atoms with E-state index in [0.29, 0.717) is 5.69 Å². The molecule has 0 radical (unpaired) electrons. The second-order valence-corrected chi connectivity index (χ2v) is 4.24. The van der Waals surface area contributed by atoms with Crippen LogP contribution in [0, 0.1) is 0 Å². The molecule has 0 saturated heterocycles. The van der Waals surface area contributed by atoms with Gasteiger partial charge in [0.1, 0.15) is 12.7 Å². The van der Waals surface area contributed by atoms with Gasteiger partial charge in [-0.3, -0.25) is 4.57 Å². The fourth-order valence-electron chi connectivity index (χ4n) is 1.81. The first-order chi connectivity index (χ1) is 9.74. The molecule has 3 rings (SSSR count). The van der Waals surface area contributed by atoms with Crippen molar-refractivity contribution in [2.24, 2.45) is 7.05 Å². The second kappa shape index (κ2) is 4.96. The molecule has 0 fully saturated rings. The van der Waals surface area contributed by atoms with E-state index in [-0.39, 0.29) is 6.03 Å². The number of anilines is 1. The van der Waals surface area contributed by atoms with Crippen molar-refractivity contribution >= 4 is 11.7 Å². The molecule has 0 aliphatic rings. The van der Waals surface area contributed by atoms with Crippen LogP contribution in [0.25, 0.3) is 11.4 Å². The number of imidazole rings is 1. The lowest BCUT2D eigenvalue weighted by molar-refractivity contribution is 0.253. The summed E-state index contributed by atoms with van der Waals surface area (Å²) in [5, 5.41) is 10.6. The summed E-state index contributed by atoms with van der Waals surface area (Å²) in [6, 6.07) is 7.15. The summed E-state index contributed by atoms with van der Waals surface area (Å²) in [5.74, 6) is 0.775. The molecule has 1 aromatic carbocycles. The van der Waals surface area contributed by atoms with Crippen molar-refractivity contribution in [3.05, 3.63) is 49.3 Å². The Labute approximate surface area is 114 Å². The number of carbonyl (C=O) groups excluding carboxylic acids is 1. The van der Waals surface area contributed by atoms with Gasteiger partial charge >= 0.3 is 6.03 Å². The molecule has 7 nitrogen and oxygen atoms in total. The van der Waals surface area contributed by atoms with Crippen molar-refractivity contribution in [3.8, 4) is 11.4 Å². The van der Waals surface area contributed by atoms with E-state index in [4.69, 9.17) is 0 Å². The van der Waals surface area contributed by atoms with Crippen molar-refractivity contribution in [1.29, 1.82) is 0 Å². The standard InChI is InChI=1S/C13H12N6O/c1-18-9-15-17-12(18)10-2-4-11(5-3-10)16-13(20)19-7-6-14-8-19/h2-9H,1H3,(H,16,20). The minimum absolute atomic E-state index is 0.256. The number of hydrogen-bond acceptors (Lipinski definition) is 4. The van der Waals surface area contributed by atoms with Crippen molar-refractivity contribution < 1.29 is 4.79 Å². The van der Waals surface area contributed by atoms with Gasteiger partial charge in [0, 0.05) is 30.7 Å². The van der Waals surface area contributed by atoms with Crippen LogP contribution < -0.4 is 5.32 Å². The smallest absolute Gasteiger partial charge is 0.317 e. The van der Waals surface area contributed by atoms with Gasteiger partial charge in [-0.2, -0.15) is 0 Å². The molecular weight excluding hydrogens is 256 g/mol. The van der Waals surface area contributed by atoms with Gasteiger partial charge in [0.25, 0.3) is 0 Å². The third-order valence-electron chi connectivity index (χ3n) is 2.84. The Kier molecular flexibility index (Phi) is 3.00. The van der Waals surface area contributed by atoms with E-state index in [0.717, 1.165) is 11.4 Å². The second-order valence-electron chi connectivity index (χ2n) is 4.24. The quantitative estimate of drug-likeness (QED) is 0.768. The highest BCUT2D eigenvalue weighted by atomic mass is 16.2. The van der Waals surface area contributed by atoms with Crippen LogP contribution in [0.5, 0.6) is 0 Å². The van der Waals surface area contributed by atoms with E-state index in [9.17, 15) is 4.79 Å². The van der Waals surface area contributed by atoms with Crippen LogP contribution in [0.4, 0.5) is 10.5 Å². The Morgan fingerprint density at radius 3 is 2.60 bits per heavy atom. The summed E-state index contributed by atoms with van der Waals surface area (Å²) >= 11 is 0. The highest BCUT2D eigenvalue weighted by Crippen LogP contribution is 2.18. The molecule has 100 valence electrons. The van der Waals surface area contributed by atoms with Crippen LogP contribution in [-0.2, 0) is 7.05 Å². The predicted octanol–water partition coefficient (Wildman–Crippen LogP) is 1.76. The predicted molar refractivity (Wildman–Crippen MR) is 73.1 cm³/mol. The zero-order valence-electron chi connectivity index (χ0n) is 10.8. The monoisotopic (exact) mass is 268 g/mol.